The van der Waals surface area contributed by atoms with Gasteiger partial charge in [-0.3, -0.25) is 4.90 Å². The summed E-state index contributed by atoms with van der Waals surface area (Å²) in [6, 6.07) is -0.0381. The fourth-order valence-electron chi connectivity index (χ4n) is 2.31. The molecular formula is C11H22F2N2O2. The minimum Gasteiger partial charge on any atom is -0.395 e. The molecule has 1 aliphatic heterocycles. The first-order valence-corrected chi connectivity index (χ1v) is 6.05. The molecule has 0 radical (unpaired) electrons. The Morgan fingerprint density at radius 1 is 1.41 bits per heavy atom. The van der Waals surface area contributed by atoms with Gasteiger partial charge in [-0.2, -0.15) is 0 Å². The van der Waals surface area contributed by atoms with Crippen LogP contribution in [0.5, 0.6) is 0 Å². The lowest BCUT2D eigenvalue weighted by atomic mass is 9.90. The van der Waals surface area contributed by atoms with Crippen molar-refractivity contribution in [3.8, 4) is 0 Å². The van der Waals surface area contributed by atoms with E-state index in [2.05, 4.69) is 5.32 Å². The molecule has 1 saturated heterocycles. The van der Waals surface area contributed by atoms with Crippen LogP contribution in [0.4, 0.5) is 8.78 Å². The first kappa shape index (κ1) is 14.8. The SMILES string of the molecule is CC(O)C1CC(NCC(F)F)CN(CCO)C1. The fraction of sp³-hybridized carbons (Fsp3) is 1.00. The Bertz CT molecular complexity index is 218. The number of aliphatic hydroxyl groups is 2. The molecule has 0 aromatic carbocycles. The highest BCUT2D eigenvalue weighted by Gasteiger charge is 2.29. The van der Waals surface area contributed by atoms with E-state index in [1.54, 1.807) is 6.92 Å². The molecule has 102 valence electrons. The maximum Gasteiger partial charge on any atom is 0.250 e. The van der Waals surface area contributed by atoms with E-state index in [0.29, 0.717) is 26.1 Å². The monoisotopic (exact) mass is 252 g/mol. The number of hydrogen-bond donors (Lipinski definition) is 3. The summed E-state index contributed by atoms with van der Waals surface area (Å²) >= 11 is 0. The van der Waals surface area contributed by atoms with Gasteiger partial charge in [-0.05, 0) is 19.3 Å². The van der Waals surface area contributed by atoms with Crippen LogP contribution in [0.15, 0.2) is 0 Å². The van der Waals surface area contributed by atoms with E-state index in [1.165, 1.54) is 0 Å². The second-order valence-corrected chi connectivity index (χ2v) is 4.72. The highest BCUT2D eigenvalue weighted by atomic mass is 19.3. The molecule has 0 amide bonds. The Balaban J connectivity index is 2.46. The number of halogens is 2. The zero-order valence-electron chi connectivity index (χ0n) is 10.1. The predicted molar refractivity (Wildman–Crippen MR) is 61.1 cm³/mol. The second kappa shape index (κ2) is 7.20. The third-order valence-corrected chi connectivity index (χ3v) is 3.22. The number of alkyl halides is 2. The fourth-order valence-corrected chi connectivity index (χ4v) is 2.31. The topological polar surface area (TPSA) is 55.7 Å². The highest BCUT2D eigenvalue weighted by molar-refractivity contribution is 4.85. The molecule has 0 aromatic rings. The largest absolute Gasteiger partial charge is 0.395 e. The molecule has 3 unspecified atom stereocenters. The van der Waals surface area contributed by atoms with E-state index in [1.807, 2.05) is 4.90 Å². The molecule has 3 N–H and O–H groups in total. The number of likely N-dealkylation sites (tertiary alicyclic amines) is 1. The van der Waals surface area contributed by atoms with E-state index < -0.39 is 12.5 Å². The molecule has 4 nitrogen and oxygen atoms in total. The molecule has 0 aromatic heterocycles. The Labute approximate surface area is 101 Å². The highest BCUT2D eigenvalue weighted by Crippen LogP contribution is 2.20. The van der Waals surface area contributed by atoms with Crippen LogP contribution in [0.25, 0.3) is 0 Å². The lowest BCUT2D eigenvalue weighted by molar-refractivity contribution is 0.0369. The van der Waals surface area contributed by atoms with E-state index in [9.17, 15) is 13.9 Å². The van der Waals surface area contributed by atoms with Gasteiger partial charge in [0.1, 0.15) is 0 Å². The number of rotatable bonds is 6. The van der Waals surface area contributed by atoms with E-state index in [-0.39, 0.29) is 25.1 Å². The average Bonchev–Trinajstić information content (AvgIpc) is 2.26. The lowest BCUT2D eigenvalue weighted by Gasteiger charge is -2.39. The molecule has 0 saturated carbocycles. The van der Waals surface area contributed by atoms with E-state index in [4.69, 9.17) is 5.11 Å². The van der Waals surface area contributed by atoms with Crippen LogP contribution >= 0.6 is 0 Å². The number of hydrogen-bond acceptors (Lipinski definition) is 4. The molecule has 1 rings (SSSR count). The van der Waals surface area contributed by atoms with Crippen molar-refractivity contribution < 1.29 is 19.0 Å². The van der Waals surface area contributed by atoms with Crippen LogP contribution in [-0.4, -0.2) is 66.5 Å². The van der Waals surface area contributed by atoms with Gasteiger partial charge in [-0.1, -0.05) is 0 Å². The molecule has 1 heterocycles. The van der Waals surface area contributed by atoms with Gasteiger partial charge in [0, 0.05) is 25.7 Å². The maximum absolute atomic E-state index is 12.1. The van der Waals surface area contributed by atoms with Gasteiger partial charge >= 0.3 is 0 Å². The third-order valence-electron chi connectivity index (χ3n) is 3.22. The van der Waals surface area contributed by atoms with Gasteiger partial charge in [0.05, 0.1) is 19.3 Å². The van der Waals surface area contributed by atoms with Gasteiger partial charge < -0.3 is 15.5 Å². The van der Waals surface area contributed by atoms with Crippen molar-refractivity contribution in [2.24, 2.45) is 5.92 Å². The molecule has 1 aliphatic rings. The lowest BCUT2D eigenvalue weighted by Crippen LogP contribution is -2.52. The van der Waals surface area contributed by atoms with Crippen LogP contribution in [-0.2, 0) is 0 Å². The molecular weight excluding hydrogens is 230 g/mol. The first-order chi connectivity index (χ1) is 8.02. The standard InChI is InChI=1S/C11H22F2N2O2/c1-8(17)9-4-10(14-5-11(12)13)7-15(6-9)2-3-16/h8-11,14,16-17H,2-7H2,1H3. The van der Waals surface area contributed by atoms with Crippen molar-refractivity contribution in [2.45, 2.75) is 31.9 Å². The number of piperidine rings is 1. The maximum atomic E-state index is 12.1. The van der Waals surface area contributed by atoms with Crippen molar-refractivity contribution in [1.82, 2.24) is 10.2 Å². The molecule has 0 spiro atoms. The average molecular weight is 252 g/mol. The van der Waals surface area contributed by atoms with Crippen LogP contribution < -0.4 is 5.32 Å². The third kappa shape index (κ3) is 5.25. The van der Waals surface area contributed by atoms with Gasteiger partial charge in [0.2, 0.25) is 0 Å². The Kier molecular flexibility index (Phi) is 6.26. The zero-order chi connectivity index (χ0) is 12.8. The van der Waals surface area contributed by atoms with Crippen LogP contribution in [0.2, 0.25) is 0 Å². The van der Waals surface area contributed by atoms with Gasteiger partial charge in [-0.15, -0.1) is 0 Å². The summed E-state index contributed by atoms with van der Waals surface area (Å²) in [5, 5.41) is 21.3. The quantitative estimate of drug-likeness (QED) is 0.618. The van der Waals surface area contributed by atoms with E-state index >= 15 is 0 Å². The summed E-state index contributed by atoms with van der Waals surface area (Å²) in [7, 11) is 0. The van der Waals surface area contributed by atoms with Gasteiger partial charge in [0.25, 0.3) is 6.43 Å². The summed E-state index contributed by atoms with van der Waals surface area (Å²) in [6.07, 6.45) is -2.10. The van der Waals surface area contributed by atoms with Gasteiger partial charge in [-0.25, -0.2) is 8.78 Å². The number of nitrogens with zero attached hydrogens (tertiary/aromatic N) is 1. The summed E-state index contributed by atoms with van der Waals surface area (Å²) in [5.74, 6) is 0.0745. The van der Waals surface area contributed by atoms with E-state index in [0.717, 1.165) is 0 Å². The minimum atomic E-state index is -2.35. The molecule has 6 heteroatoms. The van der Waals surface area contributed by atoms with Crippen LogP contribution in [0.1, 0.15) is 13.3 Å². The summed E-state index contributed by atoms with van der Waals surface area (Å²) in [5.41, 5.74) is 0. The molecule has 0 bridgehead atoms. The number of β-amino-alcohol motifs (C(OH)–C–C–N with tert-alkyl or cyclic N) is 1. The summed E-state index contributed by atoms with van der Waals surface area (Å²) in [4.78, 5) is 2.00. The molecule has 1 fully saturated rings. The smallest absolute Gasteiger partial charge is 0.250 e. The van der Waals surface area contributed by atoms with Crippen molar-refractivity contribution in [3.05, 3.63) is 0 Å². The van der Waals surface area contributed by atoms with Crippen molar-refractivity contribution in [1.29, 1.82) is 0 Å². The van der Waals surface area contributed by atoms with Crippen LogP contribution in [0.3, 0.4) is 0 Å². The second-order valence-electron chi connectivity index (χ2n) is 4.72. The van der Waals surface area contributed by atoms with Crippen molar-refractivity contribution >= 4 is 0 Å². The zero-order valence-corrected chi connectivity index (χ0v) is 10.1. The minimum absolute atomic E-state index is 0.0381. The normalized spacial score (nSPS) is 28.6. The Morgan fingerprint density at radius 2 is 2.12 bits per heavy atom. The first-order valence-electron chi connectivity index (χ1n) is 6.05. The number of nitrogens with one attached hydrogen (secondary N) is 1. The Morgan fingerprint density at radius 3 is 2.65 bits per heavy atom. The molecule has 17 heavy (non-hydrogen) atoms. The number of aliphatic hydroxyl groups excluding tert-OH is 2. The predicted octanol–water partition coefficient (Wildman–Crippen LogP) is -0.0953. The molecule has 3 atom stereocenters. The summed E-state index contributed by atoms with van der Waals surface area (Å²) in [6.45, 7) is 3.34. The Hall–Kier alpha value is -0.300. The molecule has 0 aliphatic carbocycles. The van der Waals surface area contributed by atoms with Gasteiger partial charge in [0.15, 0.2) is 0 Å². The summed E-state index contributed by atoms with van der Waals surface area (Å²) < 4.78 is 24.3. The van der Waals surface area contributed by atoms with Crippen LogP contribution in [0, 0.1) is 5.92 Å². The van der Waals surface area contributed by atoms with Crippen molar-refractivity contribution in [3.63, 3.8) is 0 Å². The van der Waals surface area contributed by atoms with Crippen molar-refractivity contribution in [2.75, 3.05) is 32.8 Å².